The Morgan fingerprint density at radius 1 is 1.50 bits per heavy atom. The second kappa shape index (κ2) is 4.13. The Bertz CT molecular complexity index is 448. The Morgan fingerprint density at radius 3 is 2.81 bits per heavy atom. The van der Waals surface area contributed by atoms with Crippen molar-refractivity contribution in [3.63, 3.8) is 0 Å². The molecule has 0 spiro atoms. The summed E-state index contributed by atoms with van der Waals surface area (Å²) in [4.78, 5) is 11.7. The number of hydrogen-bond acceptors (Lipinski definition) is 6. The number of nitrogens with one attached hydrogen (secondary N) is 1. The molecule has 0 saturated carbocycles. The maximum Gasteiger partial charge on any atom is 0.207 e. The van der Waals surface area contributed by atoms with Gasteiger partial charge < -0.3 is 10.6 Å². The van der Waals surface area contributed by atoms with Gasteiger partial charge in [0.2, 0.25) is 5.96 Å². The van der Waals surface area contributed by atoms with Gasteiger partial charge in [0.15, 0.2) is 5.96 Å². The first-order valence-electron chi connectivity index (χ1n) is 5.03. The average molecular weight is 237 g/mol. The van der Waals surface area contributed by atoms with E-state index in [1.807, 2.05) is 18.9 Å². The molecule has 1 aromatic rings. The number of anilines is 1. The molecule has 0 aliphatic carbocycles. The van der Waals surface area contributed by atoms with Crippen LogP contribution < -0.4 is 16.0 Å². The van der Waals surface area contributed by atoms with Gasteiger partial charge in [-0.05, 0) is 19.9 Å². The van der Waals surface area contributed by atoms with E-state index >= 15 is 0 Å². The summed E-state index contributed by atoms with van der Waals surface area (Å²) in [5.74, 6) is 1.15. The van der Waals surface area contributed by atoms with Gasteiger partial charge in [0, 0.05) is 17.3 Å². The van der Waals surface area contributed by atoms with Gasteiger partial charge in [-0.1, -0.05) is 0 Å². The lowest BCUT2D eigenvalue weighted by atomic mass is 10.4. The molecule has 1 aromatic heterocycles. The minimum absolute atomic E-state index is 0.126. The Kier molecular flexibility index (Phi) is 2.82. The fourth-order valence-electron chi connectivity index (χ4n) is 1.48. The van der Waals surface area contributed by atoms with Gasteiger partial charge in [0.25, 0.3) is 0 Å². The summed E-state index contributed by atoms with van der Waals surface area (Å²) in [5, 5.41) is 5.05. The van der Waals surface area contributed by atoms with E-state index in [1.54, 1.807) is 11.3 Å². The molecule has 16 heavy (non-hydrogen) atoms. The summed E-state index contributed by atoms with van der Waals surface area (Å²) in [6, 6.07) is 2.11. The highest BCUT2D eigenvalue weighted by atomic mass is 32.1. The second-order valence-corrected chi connectivity index (χ2v) is 4.81. The van der Waals surface area contributed by atoms with Crippen LogP contribution in [0.4, 0.5) is 5.69 Å². The number of thiophene rings is 1. The third-order valence-corrected chi connectivity index (χ3v) is 3.15. The minimum Gasteiger partial charge on any atom is -0.370 e. The third kappa shape index (κ3) is 2.16. The van der Waals surface area contributed by atoms with Gasteiger partial charge in [0.05, 0.1) is 5.69 Å². The van der Waals surface area contributed by atoms with Crippen LogP contribution in [0.2, 0.25) is 0 Å². The summed E-state index contributed by atoms with van der Waals surface area (Å²) < 4.78 is 0. The SMILES string of the molecule is Cc1cc(N(C)C2=NC(C)N=C(N)N2)cs1. The molecule has 0 saturated heterocycles. The number of aryl methyl sites for hydroxylation is 1. The van der Waals surface area contributed by atoms with E-state index in [4.69, 9.17) is 5.73 Å². The maximum atomic E-state index is 5.67. The molecule has 1 aliphatic rings. The van der Waals surface area contributed by atoms with E-state index in [1.165, 1.54) is 4.88 Å². The summed E-state index contributed by atoms with van der Waals surface area (Å²) in [6.45, 7) is 3.98. The molecule has 2 rings (SSSR count). The Labute approximate surface area is 98.7 Å². The fraction of sp³-hybridized carbons (Fsp3) is 0.400. The van der Waals surface area contributed by atoms with Gasteiger partial charge in [0.1, 0.15) is 6.17 Å². The van der Waals surface area contributed by atoms with Crippen molar-refractivity contribution in [1.29, 1.82) is 0 Å². The highest BCUT2D eigenvalue weighted by molar-refractivity contribution is 7.10. The van der Waals surface area contributed by atoms with Crippen molar-refractivity contribution in [3.8, 4) is 0 Å². The number of guanidine groups is 2. The summed E-state index contributed by atoms with van der Waals surface area (Å²) in [7, 11) is 1.96. The molecule has 1 atom stereocenters. The number of nitrogens with zero attached hydrogens (tertiary/aromatic N) is 3. The van der Waals surface area contributed by atoms with Gasteiger partial charge in [-0.25, -0.2) is 9.98 Å². The second-order valence-electron chi connectivity index (χ2n) is 3.70. The van der Waals surface area contributed by atoms with Crippen LogP contribution in [-0.4, -0.2) is 25.1 Å². The Balaban J connectivity index is 2.20. The molecule has 0 aromatic carbocycles. The average Bonchev–Trinajstić information content (AvgIpc) is 2.62. The zero-order valence-corrected chi connectivity index (χ0v) is 10.4. The zero-order chi connectivity index (χ0) is 11.7. The standard InChI is InChI=1S/C10H15N5S/c1-6-4-8(5-16-6)15(3)10-13-7(2)12-9(11)14-10/h4-5,7H,1-3H3,(H3,11,12,13,14). The van der Waals surface area contributed by atoms with Crippen molar-refractivity contribution in [3.05, 3.63) is 16.3 Å². The molecule has 0 radical (unpaired) electrons. The van der Waals surface area contributed by atoms with Crippen molar-refractivity contribution in [2.45, 2.75) is 20.0 Å². The lowest BCUT2D eigenvalue weighted by Gasteiger charge is -2.24. The van der Waals surface area contributed by atoms with E-state index in [0.29, 0.717) is 5.96 Å². The molecular formula is C10H15N5S. The molecule has 0 bridgehead atoms. The summed E-state index contributed by atoms with van der Waals surface area (Å²) >= 11 is 1.71. The molecule has 86 valence electrons. The van der Waals surface area contributed by atoms with Gasteiger partial charge >= 0.3 is 0 Å². The molecule has 2 heterocycles. The molecule has 1 unspecified atom stereocenters. The Hall–Kier alpha value is -1.56. The van der Waals surface area contributed by atoms with Gasteiger partial charge in [-0.15, -0.1) is 11.3 Å². The first-order valence-corrected chi connectivity index (χ1v) is 5.91. The van der Waals surface area contributed by atoms with Crippen LogP contribution in [0.1, 0.15) is 11.8 Å². The summed E-state index contributed by atoms with van der Waals surface area (Å²) in [5.41, 5.74) is 6.78. The van der Waals surface area contributed by atoms with Crippen LogP contribution in [-0.2, 0) is 0 Å². The van der Waals surface area contributed by atoms with E-state index in [9.17, 15) is 0 Å². The normalized spacial score (nSPS) is 19.8. The zero-order valence-electron chi connectivity index (χ0n) is 9.56. The van der Waals surface area contributed by atoms with Crippen LogP contribution in [0, 0.1) is 6.92 Å². The predicted octanol–water partition coefficient (Wildman–Crippen LogP) is 1.11. The molecule has 3 N–H and O–H groups in total. The number of aliphatic imine (C=N–C) groups is 2. The van der Waals surface area contributed by atoms with Crippen LogP contribution in [0.25, 0.3) is 0 Å². The first kappa shape index (κ1) is 10.9. The van der Waals surface area contributed by atoms with Crippen LogP contribution in [0.5, 0.6) is 0 Å². The predicted molar refractivity (Wildman–Crippen MR) is 69.1 cm³/mol. The highest BCUT2D eigenvalue weighted by Gasteiger charge is 2.16. The molecule has 1 aliphatic heterocycles. The van der Waals surface area contributed by atoms with Crippen molar-refractivity contribution in [1.82, 2.24) is 5.32 Å². The van der Waals surface area contributed by atoms with Crippen LogP contribution in [0.15, 0.2) is 21.4 Å². The lowest BCUT2D eigenvalue weighted by Crippen LogP contribution is -2.48. The Morgan fingerprint density at radius 2 is 2.25 bits per heavy atom. The van der Waals surface area contributed by atoms with E-state index < -0.39 is 0 Å². The van der Waals surface area contributed by atoms with Gasteiger partial charge in [-0.2, -0.15) is 0 Å². The van der Waals surface area contributed by atoms with Crippen molar-refractivity contribution in [2.24, 2.45) is 15.7 Å². The third-order valence-electron chi connectivity index (χ3n) is 2.30. The molecule has 6 heteroatoms. The number of rotatable bonds is 1. The van der Waals surface area contributed by atoms with E-state index in [-0.39, 0.29) is 6.17 Å². The van der Waals surface area contributed by atoms with Crippen molar-refractivity contribution >= 4 is 28.9 Å². The van der Waals surface area contributed by atoms with Crippen molar-refractivity contribution in [2.75, 3.05) is 11.9 Å². The summed E-state index contributed by atoms with van der Waals surface area (Å²) in [6.07, 6.45) is -0.126. The topological polar surface area (TPSA) is 66.0 Å². The van der Waals surface area contributed by atoms with Crippen LogP contribution >= 0.6 is 11.3 Å². The largest absolute Gasteiger partial charge is 0.370 e. The lowest BCUT2D eigenvalue weighted by molar-refractivity contribution is 0.760. The number of nitrogens with two attached hydrogens (primary N) is 1. The quantitative estimate of drug-likeness (QED) is 0.769. The smallest absolute Gasteiger partial charge is 0.207 e. The molecule has 5 nitrogen and oxygen atoms in total. The van der Waals surface area contributed by atoms with E-state index in [2.05, 4.69) is 33.7 Å². The monoisotopic (exact) mass is 237 g/mol. The minimum atomic E-state index is -0.126. The van der Waals surface area contributed by atoms with Crippen molar-refractivity contribution < 1.29 is 0 Å². The fourth-order valence-corrected chi connectivity index (χ4v) is 2.21. The molecule has 0 amide bonds. The number of hydrogen-bond donors (Lipinski definition) is 2. The van der Waals surface area contributed by atoms with Crippen LogP contribution in [0.3, 0.4) is 0 Å². The maximum absolute atomic E-state index is 5.67. The van der Waals surface area contributed by atoms with E-state index in [0.717, 1.165) is 11.6 Å². The molecule has 0 fully saturated rings. The highest BCUT2D eigenvalue weighted by Crippen LogP contribution is 2.21. The first-order chi connectivity index (χ1) is 7.56. The van der Waals surface area contributed by atoms with Gasteiger partial charge in [-0.3, -0.25) is 5.32 Å². The molecular weight excluding hydrogens is 222 g/mol.